The maximum atomic E-state index is 12.9. The van der Waals surface area contributed by atoms with Gasteiger partial charge in [-0.1, -0.05) is 12.1 Å². The summed E-state index contributed by atoms with van der Waals surface area (Å²) in [5.41, 5.74) is 0.568. The van der Waals surface area contributed by atoms with Crippen LogP contribution in [0.3, 0.4) is 0 Å². The van der Waals surface area contributed by atoms with Crippen LogP contribution in [0.25, 0.3) is 0 Å². The van der Waals surface area contributed by atoms with Gasteiger partial charge in [-0.15, -0.1) is 0 Å². The van der Waals surface area contributed by atoms with Crippen molar-refractivity contribution >= 4 is 11.8 Å². The van der Waals surface area contributed by atoms with Gasteiger partial charge in [0.05, 0.1) is 6.54 Å². The Morgan fingerprint density at radius 2 is 2.40 bits per heavy atom. The second kappa shape index (κ2) is 3.68. The molecule has 0 saturated carbocycles. The van der Waals surface area contributed by atoms with E-state index in [1.807, 2.05) is 0 Å². The van der Waals surface area contributed by atoms with Crippen molar-refractivity contribution in [2.24, 2.45) is 4.99 Å². The summed E-state index contributed by atoms with van der Waals surface area (Å²) in [6.07, 6.45) is 0. The third-order valence-corrected chi connectivity index (χ3v) is 2.14. The van der Waals surface area contributed by atoms with Crippen LogP contribution in [0.2, 0.25) is 0 Å². The van der Waals surface area contributed by atoms with Crippen LogP contribution < -0.4 is 5.32 Å². The Morgan fingerprint density at radius 3 is 3.00 bits per heavy atom. The maximum Gasteiger partial charge on any atom is 0.328 e. The molecular weight excluding hydrogens is 199 g/mol. The molecule has 2 N–H and O–H groups in total. The van der Waals surface area contributed by atoms with Gasteiger partial charge in [-0.2, -0.15) is 0 Å². The summed E-state index contributed by atoms with van der Waals surface area (Å²) in [4.78, 5) is 14.6. The van der Waals surface area contributed by atoms with Gasteiger partial charge in [-0.3, -0.25) is 4.99 Å². The Balaban J connectivity index is 2.17. The molecule has 0 fully saturated rings. The van der Waals surface area contributed by atoms with Crippen molar-refractivity contribution in [3.63, 3.8) is 0 Å². The molecular formula is C10H9FN2O2. The van der Waals surface area contributed by atoms with Crippen LogP contribution in [-0.4, -0.2) is 29.5 Å². The third kappa shape index (κ3) is 1.96. The first-order valence-corrected chi connectivity index (χ1v) is 4.46. The van der Waals surface area contributed by atoms with Crippen LogP contribution >= 0.6 is 0 Å². The van der Waals surface area contributed by atoms with Crippen LogP contribution in [0, 0.1) is 5.82 Å². The van der Waals surface area contributed by atoms with E-state index in [2.05, 4.69) is 10.3 Å². The molecule has 1 aliphatic heterocycles. The van der Waals surface area contributed by atoms with E-state index in [9.17, 15) is 9.18 Å². The van der Waals surface area contributed by atoms with Crippen LogP contribution in [0.5, 0.6) is 0 Å². The minimum atomic E-state index is -0.954. The normalized spacial score (nSPS) is 19.5. The molecule has 1 aromatic rings. The van der Waals surface area contributed by atoms with Crippen LogP contribution in [-0.2, 0) is 4.79 Å². The van der Waals surface area contributed by atoms with E-state index in [4.69, 9.17) is 5.11 Å². The summed E-state index contributed by atoms with van der Waals surface area (Å²) in [5.74, 6) is -0.886. The lowest BCUT2D eigenvalue weighted by Crippen LogP contribution is -2.37. The highest BCUT2D eigenvalue weighted by molar-refractivity contribution is 6.02. The number of amidine groups is 1. The SMILES string of the molecule is O=C(O)C1CN=C(c2cccc(F)c2)N1. The fraction of sp³-hybridized carbons (Fsp3) is 0.200. The standard InChI is InChI=1S/C10H9FN2O2/c11-7-3-1-2-6(4-7)9-12-5-8(13-9)10(14)15/h1-4,8H,5H2,(H,12,13)(H,14,15). The number of benzene rings is 1. The lowest BCUT2D eigenvalue weighted by molar-refractivity contribution is -0.138. The summed E-state index contributed by atoms with van der Waals surface area (Å²) in [6.45, 7) is 0.182. The largest absolute Gasteiger partial charge is 0.480 e. The topological polar surface area (TPSA) is 61.7 Å². The van der Waals surface area contributed by atoms with Crippen molar-refractivity contribution in [3.8, 4) is 0 Å². The predicted molar refractivity (Wildman–Crippen MR) is 52.4 cm³/mol. The van der Waals surface area contributed by atoms with Crippen molar-refractivity contribution in [2.75, 3.05) is 6.54 Å². The maximum absolute atomic E-state index is 12.9. The number of aliphatic imine (C=N–C) groups is 1. The van der Waals surface area contributed by atoms with Gasteiger partial charge >= 0.3 is 5.97 Å². The first-order chi connectivity index (χ1) is 7.16. The van der Waals surface area contributed by atoms with E-state index in [0.717, 1.165) is 0 Å². The molecule has 1 atom stereocenters. The average molecular weight is 208 g/mol. The third-order valence-electron chi connectivity index (χ3n) is 2.14. The molecule has 0 radical (unpaired) electrons. The molecule has 5 heteroatoms. The van der Waals surface area contributed by atoms with Crippen molar-refractivity contribution in [1.29, 1.82) is 0 Å². The van der Waals surface area contributed by atoms with Gasteiger partial charge < -0.3 is 10.4 Å². The molecule has 78 valence electrons. The number of halogens is 1. The molecule has 0 aliphatic carbocycles. The number of carboxylic acid groups (broad SMARTS) is 1. The van der Waals surface area contributed by atoms with E-state index in [1.165, 1.54) is 12.1 Å². The molecule has 2 rings (SSSR count). The number of hydrogen-bond acceptors (Lipinski definition) is 3. The minimum Gasteiger partial charge on any atom is -0.480 e. The molecule has 1 unspecified atom stereocenters. The van der Waals surface area contributed by atoms with E-state index in [-0.39, 0.29) is 12.4 Å². The molecule has 0 saturated heterocycles. The summed E-state index contributed by atoms with van der Waals surface area (Å²) < 4.78 is 12.9. The summed E-state index contributed by atoms with van der Waals surface area (Å²) in [5, 5.41) is 11.4. The molecule has 0 aromatic heterocycles. The van der Waals surface area contributed by atoms with Gasteiger partial charge in [0.25, 0.3) is 0 Å². The van der Waals surface area contributed by atoms with E-state index in [1.54, 1.807) is 12.1 Å². The van der Waals surface area contributed by atoms with Crippen molar-refractivity contribution < 1.29 is 14.3 Å². The zero-order valence-electron chi connectivity index (χ0n) is 7.77. The second-order valence-corrected chi connectivity index (χ2v) is 3.23. The highest BCUT2D eigenvalue weighted by atomic mass is 19.1. The summed E-state index contributed by atoms with van der Waals surface area (Å²) >= 11 is 0. The van der Waals surface area contributed by atoms with Crippen LogP contribution in [0.15, 0.2) is 29.3 Å². The predicted octanol–water partition coefficient (Wildman–Crippen LogP) is 0.629. The van der Waals surface area contributed by atoms with E-state index in [0.29, 0.717) is 11.4 Å². The number of nitrogens with one attached hydrogen (secondary N) is 1. The molecule has 0 amide bonds. The van der Waals surface area contributed by atoms with E-state index < -0.39 is 12.0 Å². The zero-order valence-corrected chi connectivity index (χ0v) is 7.77. The zero-order chi connectivity index (χ0) is 10.8. The number of aliphatic carboxylic acids is 1. The highest BCUT2D eigenvalue weighted by Crippen LogP contribution is 2.08. The van der Waals surface area contributed by atoms with Gasteiger partial charge in [-0.05, 0) is 12.1 Å². The number of nitrogens with zero attached hydrogens (tertiary/aromatic N) is 1. The summed E-state index contributed by atoms with van der Waals surface area (Å²) in [7, 11) is 0. The molecule has 0 bridgehead atoms. The fourth-order valence-electron chi connectivity index (χ4n) is 1.39. The van der Waals surface area contributed by atoms with Gasteiger partial charge in [-0.25, -0.2) is 9.18 Å². The van der Waals surface area contributed by atoms with Gasteiger partial charge in [0.2, 0.25) is 0 Å². The van der Waals surface area contributed by atoms with Gasteiger partial charge in [0.15, 0.2) is 0 Å². The van der Waals surface area contributed by atoms with E-state index >= 15 is 0 Å². The number of hydrogen-bond donors (Lipinski definition) is 2. The molecule has 1 aromatic carbocycles. The molecule has 0 spiro atoms. The first kappa shape index (κ1) is 9.64. The Labute approximate surface area is 85.5 Å². The minimum absolute atomic E-state index is 0.182. The molecule has 1 aliphatic rings. The Hall–Kier alpha value is -1.91. The number of carbonyl (C=O) groups is 1. The second-order valence-electron chi connectivity index (χ2n) is 3.23. The quantitative estimate of drug-likeness (QED) is 0.749. The summed E-state index contributed by atoms with van der Waals surface area (Å²) in [6, 6.07) is 5.18. The Bertz CT molecular complexity index is 431. The molecule has 1 heterocycles. The van der Waals surface area contributed by atoms with Crippen molar-refractivity contribution in [1.82, 2.24) is 5.32 Å². The monoisotopic (exact) mass is 208 g/mol. The van der Waals surface area contributed by atoms with Gasteiger partial charge in [0.1, 0.15) is 17.7 Å². The van der Waals surface area contributed by atoms with Crippen molar-refractivity contribution in [2.45, 2.75) is 6.04 Å². The molecule has 4 nitrogen and oxygen atoms in total. The lowest BCUT2D eigenvalue weighted by Gasteiger charge is -2.06. The van der Waals surface area contributed by atoms with Crippen LogP contribution in [0.4, 0.5) is 4.39 Å². The smallest absolute Gasteiger partial charge is 0.328 e. The highest BCUT2D eigenvalue weighted by Gasteiger charge is 2.24. The number of carboxylic acids is 1. The average Bonchev–Trinajstić information content (AvgIpc) is 2.66. The number of rotatable bonds is 2. The van der Waals surface area contributed by atoms with Crippen molar-refractivity contribution in [3.05, 3.63) is 35.6 Å². The van der Waals surface area contributed by atoms with Crippen LogP contribution in [0.1, 0.15) is 5.56 Å². The molecule has 15 heavy (non-hydrogen) atoms. The Kier molecular flexibility index (Phi) is 2.37. The fourth-order valence-corrected chi connectivity index (χ4v) is 1.39. The Morgan fingerprint density at radius 1 is 1.60 bits per heavy atom. The van der Waals surface area contributed by atoms with Gasteiger partial charge in [0, 0.05) is 5.56 Å². The first-order valence-electron chi connectivity index (χ1n) is 4.46. The lowest BCUT2D eigenvalue weighted by atomic mass is 10.2.